The van der Waals surface area contributed by atoms with Crippen molar-refractivity contribution in [3.05, 3.63) is 29.6 Å². The number of rotatable bonds is 6. The standard InChI is InChI=1S/C14H20F4N2/c1-10(2)19-9-11-4-5-13(12(15)8-11)20(3)7-6-14(16,17)18/h4-5,8,10,19H,6-7,9H2,1-3H3. The summed E-state index contributed by atoms with van der Waals surface area (Å²) >= 11 is 0. The summed E-state index contributed by atoms with van der Waals surface area (Å²) in [5, 5.41) is 3.15. The number of nitrogens with one attached hydrogen (secondary N) is 1. The third-order valence-corrected chi connectivity index (χ3v) is 2.87. The van der Waals surface area contributed by atoms with E-state index in [9.17, 15) is 17.6 Å². The molecule has 0 aliphatic rings. The number of nitrogens with zero attached hydrogens (tertiary/aromatic N) is 1. The molecule has 0 amide bonds. The van der Waals surface area contributed by atoms with Gasteiger partial charge in [0.25, 0.3) is 0 Å². The molecule has 114 valence electrons. The van der Waals surface area contributed by atoms with E-state index in [0.717, 1.165) is 5.56 Å². The van der Waals surface area contributed by atoms with Gasteiger partial charge >= 0.3 is 6.18 Å². The highest BCUT2D eigenvalue weighted by atomic mass is 19.4. The minimum Gasteiger partial charge on any atom is -0.372 e. The average molecular weight is 292 g/mol. The molecule has 2 nitrogen and oxygen atoms in total. The molecule has 0 aliphatic heterocycles. The summed E-state index contributed by atoms with van der Waals surface area (Å²) in [6.07, 6.45) is -5.19. The van der Waals surface area contributed by atoms with Crippen molar-refractivity contribution in [2.75, 3.05) is 18.5 Å². The molecule has 0 fully saturated rings. The second-order valence-corrected chi connectivity index (χ2v) is 5.11. The summed E-state index contributed by atoms with van der Waals surface area (Å²) in [7, 11) is 1.45. The van der Waals surface area contributed by atoms with E-state index in [-0.39, 0.29) is 18.3 Å². The third kappa shape index (κ3) is 5.77. The predicted octanol–water partition coefficient (Wildman–Crippen LogP) is 3.71. The van der Waals surface area contributed by atoms with Gasteiger partial charge in [0.2, 0.25) is 0 Å². The van der Waals surface area contributed by atoms with E-state index < -0.39 is 18.4 Å². The molecule has 0 heterocycles. The van der Waals surface area contributed by atoms with Gasteiger partial charge in [0.1, 0.15) is 5.82 Å². The fourth-order valence-electron chi connectivity index (χ4n) is 1.71. The van der Waals surface area contributed by atoms with E-state index in [1.807, 2.05) is 13.8 Å². The molecule has 0 bridgehead atoms. The van der Waals surface area contributed by atoms with Gasteiger partial charge in [0.15, 0.2) is 0 Å². The molecule has 0 aliphatic carbocycles. The van der Waals surface area contributed by atoms with Crippen LogP contribution in [0.5, 0.6) is 0 Å². The number of benzene rings is 1. The van der Waals surface area contributed by atoms with Crippen molar-refractivity contribution in [2.24, 2.45) is 0 Å². The molecule has 0 atom stereocenters. The van der Waals surface area contributed by atoms with Gasteiger partial charge in [-0.2, -0.15) is 13.2 Å². The van der Waals surface area contributed by atoms with Crippen molar-refractivity contribution in [1.29, 1.82) is 0 Å². The smallest absolute Gasteiger partial charge is 0.372 e. The number of alkyl halides is 3. The van der Waals surface area contributed by atoms with E-state index in [1.165, 1.54) is 24.1 Å². The van der Waals surface area contributed by atoms with Crippen LogP contribution in [0.25, 0.3) is 0 Å². The summed E-state index contributed by atoms with van der Waals surface area (Å²) in [4.78, 5) is 1.28. The molecular weight excluding hydrogens is 272 g/mol. The highest BCUT2D eigenvalue weighted by Gasteiger charge is 2.27. The van der Waals surface area contributed by atoms with Crippen LogP contribution >= 0.6 is 0 Å². The van der Waals surface area contributed by atoms with Crippen LogP contribution in [-0.4, -0.2) is 25.8 Å². The van der Waals surface area contributed by atoms with Gasteiger partial charge in [-0.15, -0.1) is 0 Å². The predicted molar refractivity (Wildman–Crippen MR) is 72.3 cm³/mol. The Hall–Kier alpha value is -1.30. The maximum atomic E-state index is 13.9. The second-order valence-electron chi connectivity index (χ2n) is 5.11. The average Bonchev–Trinajstić information content (AvgIpc) is 2.32. The Balaban J connectivity index is 2.67. The molecular formula is C14H20F4N2. The lowest BCUT2D eigenvalue weighted by Crippen LogP contribution is -2.25. The van der Waals surface area contributed by atoms with Crippen molar-refractivity contribution >= 4 is 5.69 Å². The molecule has 0 spiro atoms. The Labute approximate surface area is 116 Å². The normalized spacial score (nSPS) is 12.0. The van der Waals surface area contributed by atoms with Gasteiger partial charge in [-0.1, -0.05) is 19.9 Å². The van der Waals surface area contributed by atoms with Crippen LogP contribution in [0.15, 0.2) is 18.2 Å². The highest BCUT2D eigenvalue weighted by Crippen LogP contribution is 2.24. The van der Waals surface area contributed by atoms with Gasteiger partial charge in [0, 0.05) is 26.2 Å². The summed E-state index contributed by atoms with van der Waals surface area (Å²) in [6, 6.07) is 4.88. The molecule has 20 heavy (non-hydrogen) atoms. The van der Waals surface area contributed by atoms with Crippen LogP contribution in [0.3, 0.4) is 0 Å². The molecule has 1 rings (SSSR count). The maximum absolute atomic E-state index is 13.9. The van der Waals surface area contributed by atoms with E-state index in [1.54, 1.807) is 6.07 Å². The zero-order valence-corrected chi connectivity index (χ0v) is 11.9. The Bertz CT molecular complexity index is 430. The fraction of sp³-hybridized carbons (Fsp3) is 0.571. The van der Waals surface area contributed by atoms with Crippen molar-refractivity contribution in [2.45, 2.75) is 39.0 Å². The maximum Gasteiger partial charge on any atom is 0.390 e. The third-order valence-electron chi connectivity index (χ3n) is 2.87. The second kappa shape index (κ2) is 6.92. The Kier molecular flexibility index (Phi) is 5.80. The first-order chi connectivity index (χ1) is 9.19. The van der Waals surface area contributed by atoms with Gasteiger partial charge in [0.05, 0.1) is 12.1 Å². The van der Waals surface area contributed by atoms with Crippen LogP contribution in [0.2, 0.25) is 0 Å². The minimum atomic E-state index is -4.23. The quantitative estimate of drug-likeness (QED) is 0.804. The van der Waals surface area contributed by atoms with Crippen LogP contribution in [0.1, 0.15) is 25.8 Å². The van der Waals surface area contributed by atoms with Crippen LogP contribution in [0, 0.1) is 5.82 Å². The molecule has 0 aromatic heterocycles. The Morgan fingerprint density at radius 2 is 1.90 bits per heavy atom. The van der Waals surface area contributed by atoms with Gasteiger partial charge in [-0.05, 0) is 17.7 Å². The summed E-state index contributed by atoms with van der Waals surface area (Å²) in [6.45, 7) is 4.23. The number of hydrogen-bond acceptors (Lipinski definition) is 2. The first kappa shape index (κ1) is 16.8. The van der Waals surface area contributed by atoms with E-state index in [0.29, 0.717) is 6.54 Å². The number of halogens is 4. The lowest BCUT2D eigenvalue weighted by atomic mass is 10.1. The summed E-state index contributed by atoms with van der Waals surface area (Å²) in [5.41, 5.74) is 0.951. The molecule has 6 heteroatoms. The SMILES string of the molecule is CC(C)NCc1ccc(N(C)CCC(F)(F)F)c(F)c1. The molecule has 1 aromatic rings. The van der Waals surface area contributed by atoms with Gasteiger partial charge < -0.3 is 10.2 Å². The summed E-state index contributed by atoms with van der Waals surface area (Å²) < 4.78 is 50.3. The Morgan fingerprint density at radius 1 is 1.25 bits per heavy atom. The number of hydrogen-bond donors (Lipinski definition) is 1. The zero-order valence-electron chi connectivity index (χ0n) is 11.9. The van der Waals surface area contributed by atoms with Gasteiger partial charge in [-0.3, -0.25) is 0 Å². The minimum absolute atomic E-state index is 0.183. The lowest BCUT2D eigenvalue weighted by molar-refractivity contribution is -0.132. The first-order valence-corrected chi connectivity index (χ1v) is 6.49. The molecule has 0 saturated heterocycles. The first-order valence-electron chi connectivity index (χ1n) is 6.49. The van der Waals surface area contributed by atoms with E-state index in [4.69, 9.17) is 0 Å². The summed E-state index contributed by atoms with van der Waals surface area (Å²) in [5.74, 6) is -0.502. The van der Waals surface area contributed by atoms with Crippen molar-refractivity contribution in [3.8, 4) is 0 Å². The number of anilines is 1. The zero-order chi connectivity index (χ0) is 15.3. The van der Waals surface area contributed by atoms with Gasteiger partial charge in [-0.25, -0.2) is 4.39 Å². The van der Waals surface area contributed by atoms with Crippen molar-refractivity contribution in [3.63, 3.8) is 0 Å². The molecule has 1 aromatic carbocycles. The molecule has 0 saturated carbocycles. The van der Waals surface area contributed by atoms with Crippen molar-refractivity contribution < 1.29 is 17.6 Å². The Morgan fingerprint density at radius 3 is 2.40 bits per heavy atom. The fourth-order valence-corrected chi connectivity index (χ4v) is 1.71. The lowest BCUT2D eigenvalue weighted by Gasteiger charge is -2.21. The topological polar surface area (TPSA) is 15.3 Å². The van der Waals surface area contributed by atoms with Crippen LogP contribution in [0.4, 0.5) is 23.2 Å². The van der Waals surface area contributed by atoms with Crippen LogP contribution in [-0.2, 0) is 6.54 Å². The molecule has 1 N–H and O–H groups in total. The monoisotopic (exact) mass is 292 g/mol. The van der Waals surface area contributed by atoms with E-state index >= 15 is 0 Å². The largest absolute Gasteiger partial charge is 0.390 e. The molecule has 0 unspecified atom stereocenters. The highest BCUT2D eigenvalue weighted by molar-refractivity contribution is 5.48. The van der Waals surface area contributed by atoms with Crippen molar-refractivity contribution in [1.82, 2.24) is 5.32 Å². The van der Waals surface area contributed by atoms with E-state index in [2.05, 4.69) is 5.32 Å². The molecule has 0 radical (unpaired) electrons. The van der Waals surface area contributed by atoms with Crippen LogP contribution < -0.4 is 10.2 Å².